The van der Waals surface area contributed by atoms with Crippen molar-refractivity contribution in [1.82, 2.24) is 0 Å². The monoisotopic (exact) mass is 274 g/mol. The van der Waals surface area contributed by atoms with Gasteiger partial charge in [0.05, 0.1) is 5.02 Å². The molecule has 0 radical (unpaired) electrons. The maximum atomic E-state index is 6.01. The first kappa shape index (κ1) is 9.87. The Morgan fingerprint density at radius 2 is 2.29 bits per heavy atom. The van der Waals surface area contributed by atoms with Crippen LogP contribution in [0.1, 0.15) is 5.56 Å². The topological polar surface area (TPSA) is 18.5 Å². The van der Waals surface area contributed by atoms with Gasteiger partial charge in [0.15, 0.2) is 11.5 Å². The Morgan fingerprint density at radius 3 is 3.00 bits per heavy atom. The summed E-state index contributed by atoms with van der Waals surface area (Å²) in [4.78, 5) is 0. The molecular formula is C10H8BrClO2. The van der Waals surface area contributed by atoms with Crippen LogP contribution in [0.5, 0.6) is 11.5 Å². The van der Waals surface area contributed by atoms with Crippen LogP contribution in [-0.2, 0) is 0 Å². The Labute approximate surface area is 95.6 Å². The van der Waals surface area contributed by atoms with Crippen molar-refractivity contribution in [3.8, 4) is 11.5 Å². The average molecular weight is 276 g/mol. The van der Waals surface area contributed by atoms with Gasteiger partial charge in [-0.05, 0) is 23.3 Å². The molecule has 74 valence electrons. The van der Waals surface area contributed by atoms with Crippen molar-refractivity contribution >= 4 is 33.1 Å². The van der Waals surface area contributed by atoms with Gasteiger partial charge in [0, 0.05) is 5.33 Å². The summed E-state index contributed by atoms with van der Waals surface area (Å²) < 4.78 is 10.5. The zero-order valence-corrected chi connectivity index (χ0v) is 9.69. The fourth-order valence-corrected chi connectivity index (χ4v) is 1.84. The summed E-state index contributed by atoms with van der Waals surface area (Å²) in [6.07, 6.45) is 0. The summed E-state index contributed by atoms with van der Waals surface area (Å²) in [5.41, 5.74) is 1.93. The zero-order valence-electron chi connectivity index (χ0n) is 7.35. The molecule has 1 aliphatic rings. The van der Waals surface area contributed by atoms with E-state index in [-0.39, 0.29) is 6.79 Å². The van der Waals surface area contributed by atoms with Crippen molar-refractivity contribution in [2.45, 2.75) is 0 Å². The molecule has 0 bridgehead atoms. The van der Waals surface area contributed by atoms with Gasteiger partial charge in [-0.2, -0.15) is 0 Å². The highest BCUT2D eigenvalue weighted by molar-refractivity contribution is 9.09. The van der Waals surface area contributed by atoms with Crippen LogP contribution >= 0.6 is 27.5 Å². The van der Waals surface area contributed by atoms with E-state index in [1.165, 1.54) is 0 Å². The third-order valence-electron chi connectivity index (χ3n) is 2.00. The van der Waals surface area contributed by atoms with Crippen LogP contribution in [0.25, 0.3) is 5.57 Å². The molecule has 0 unspecified atom stereocenters. The van der Waals surface area contributed by atoms with E-state index >= 15 is 0 Å². The van der Waals surface area contributed by atoms with Crippen molar-refractivity contribution in [2.24, 2.45) is 0 Å². The first-order valence-electron chi connectivity index (χ1n) is 4.05. The first-order valence-corrected chi connectivity index (χ1v) is 5.55. The van der Waals surface area contributed by atoms with E-state index in [1.54, 1.807) is 0 Å². The number of alkyl halides is 1. The molecule has 2 nitrogen and oxygen atoms in total. The Kier molecular flexibility index (Phi) is 2.70. The molecule has 1 aromatic rings. The van der Waals surface area contributed by atoms with Gasteiger partial charge in [-0.3, -0.25) is 0 Å². The van der Waals surface area contributed by atoms with E-state index in [9.17, 15) is 0 Å². The van der Waals surface area contributed by atoms with Crippen molar-refractivity contribution in [1.29, 1.82) is 0 Å². The van der Waals surface area contributed by atoms with E-state index in [0.717, 1.165) is 11.1 Å². The van der Waals surface area contributed by atoms with E-state index in [1.807, 2.05) is 12.1 Å². The third-order valence-corrected chi connectivity index (χ3v) is 2.95. The third kappa shape index (κ3) is 1.62. The number of rotatable bonds is 2. The normalized spacial score (nSPS) is 13.0. The van der Waals surface area contributed by atoms with Gasteiger partial charge in [-0.1, -0.05) is 34.1 Å². The predicted octanol–water partition coefficient (Wildman–Crippen LogP) is 3.48. The molecule has 0 aliphatic carbocycles. The van der Waals surface area contributed by atoms with Crippen molar-refractivity contribution in [2.75, 3.05) is 12.1 Å². The molecule has 1 aliphatic heterocycles. The highest BCUT2D eigenvalue weighted by Gasteiger charge is 2.18. The SMILES string of the molecule is C=C(CBr)c1cc(Cl)c2c(c1)OCO2. The Bertz CT molecular complexity index is 390. The number of fused-ring (bicyclic) bond motifs is 1. The van der Waals surface area contributed by atoms with E-state index < -0.39 is 0 Å². The molecule has 0 amide bonds. The Hall–Kier alpha value is -0.670. The summed E-state index contributed by atoms with van der Waals surface area (Å²) in [5, 5.41) is 1.28. The Balaban J connectivity index is 2.46. The summed E-state index contributed by atoms with van der Waals surface area (Å²) >= 11 is 9.36. The van der Waals surface area contributed by atoms with Crippen molar-refractivity contribution in [3.05, 3.63) is 29.3 Å². The number of benzene rings is 1. The predicted molar refractivity (Wildman–Crippen MR) is 60.4 cm³/mol. The lowest BCUT2D eigenvalue weighted by molar-refractivity contribution is 0.174. The summed E-state index contributed by atoms with van der Waals surface area (Å²) in [7, 11) is 0. The van der Waals surface area contributed by atoms with Crippen molar-refractivity contribution < 1.29 is 9.47 Å². The number of hydrogen-bond acceptors (Lipinski definition) is 2. The molecule has 2 rings (SSSR count). The fourth-order valence-electron chi connectivity index (χ4n) is 1.25. The van der Waals surface area contributed by atoms with Crippen molar-refractivity contribution in [3.63, 3.8) is 0 Å². The minimum Gasteiger partial charge on any atom is -0.454 e. The van der Waals surface area contributed by atoms with Crippen LogP contribution in [-0.4, -0.2) is 12.1 Å². The quantitative estimate of drug-likeness (QED) is 0.769. The van der Waals surface area contributed by atoms with Gasteiger partial charge in [0.25, 0.3) is 0 Å². The van der Waals surface area contributed by atoms with Gasteiger partial charge in [-0.25, -0.2) is 0 Å². The first-order chi connectivity index (χ1) is 6.72. The second-order valence-electron chi connectivity index (χ2n) is 2.93. The van der Waals surface area contributed by atoms with E-state index in [0.29, 0.717) is 21.9 Å². The zero-order chi connectivity index (χ0) is 10.1. The second kappa shape index (κ2) is 3.83. The van der Waals surface area contributed by atoms with E-state index in [4.69, 9.17) is 21.1 Å². The smallest absolute Gasteiger partial charge is 0.231 e. The summed E-state index contributed by atoms with van der Waals surface area (Å²) in [6, 6.07) is 3.72. The number of hydrogen-bond donors (Lipinski definition) is 0. The second-order valence-corrected chi connectivity index (χ2v) is 3.90. The lowest BCUT2D eigenvalue weighted by Crippen LogP contribution is -1.93. The van der Waals surface area contributed by atoms with Crippen LogP contribution in [0, 0.1) is 0 Å². The summed E-state index contributed by atoms with van der Waals surface area (Å²) in [6.45, 7) is 4.14. The highest BCUT2D eigenvalue weighted by atomic mass is 79.9. The van der Waals surface area contributed by atoms with Gasteiger partial charge in [-0.15, -0.1) is 0 Å². The van der Waals surface area contributed by atoms with Crippen LogP contribution in [0.2, 0.25) is 5.02 Å². The lowest BCUT2D eigenvalue weighted by atomic mass is 10.1. The van der Waals surface area contributed by atoms with E-state index in [2.05, 4.69) is 22.5 Å². The molecule has 0 saturated heterocycles. The van der Waals surface area contributed by atoms with Crippen LogP contribution in [0.15, 0.2) is 18.7 Å². The standard InChI is InChI=1S/C10H8BrClO2/c1-6(4-11)7-2-8(12)10-9(3-7)13-5-14-10/h2-3H,1,4-5H2. The number of ether oxygens (including phenoxy) is 2. The van der Waals surface area contributed by atoms with Gasteiger partial charge in [0.2, 0.25) is 6.79 Å². The Morgan fingerprint density at radius 1 is 1.50 bits per heavy atom. The van der Waals surface area contributed by atoms with Gasteiger partial charge < -0.3 is 9.47 Å². The average Bonchev–Trinajstić information content (AvgIpc) is 2.64. The molecule has 0 fully saturated rings. The highest BCUT2D eigenvalue weighted by Crippen LogP contribution is 2.41. The number of allylic oxidation sites excluding steroid dienone is 1. The van der Waals surface area contributed by atoms with Gasteiger partial charge in [0.1, 0.15) is 0 Å². The molecule has 14 heavy (non-hydrogen) atoms. The summed E-state index contributed by atoms with van der Waals surface area (Å²) in [5.74, 6) is 1.31. The fraction of sp³-hybridized carbons (Fsp3) is 0.200. The van der Waals surface area contributed by atoms with Crippen LogP contribution in [0.3, 0.4) is 0 Å². The molecule has 0 spiro atoms. The molecule has 1 aromatic carbocycles. The van der Waals surface area contributed by atoms with Crippen LogP contribution in [0.4, 0.5) is 0 Å². The molecule has 0 saturated carbocycles. The van der Waals surface area contributed by atoms with Crippen LogP contribution < -0.4 is 9.47 Å². The minimum absolute atomic E-state index is 0.235. The largest absolute Gasteiger partial charge is 0.454 e. The molecule has 1 heterocycles. The molecular weight excluding hydrogens is 267 g/mol. The minimum atomic E-state index is 0.235. The number of halogens is 2. The molecule has 4 heteroatoms. The molecule has 0 aromatic heterocycles. The lowest BCUT2D eigenvalue weighted by Gasteiger charge is -2.05. The molecule has 0 atom stereocenters. The maximum absolute atomic E-state index is 6.01. The van der Waals surface area contributed by atoms with Gasteiger partial charge >= 0.3 is 0 Å². The maximum Gasteiger partial charge on any atom is 0.231 e. The molecule has 0 N–H and O–H groups in total.